The van der Waals surface area contributed by atoms with E-state index in [4.69, 9.17) is 5.73 Å². The molecule has 22 heavy (non-hydrogen) atoms. The molecule has 1 atom stereocenters. The number of hydrogen-bond donors (Lipinski definition) is 1. The van der Waals surface area contributed by atoms with Gasteiger partial charge >= 0.3 is 0 Å². The van der Waals surface area contributed by atoms with Crippen LogP contribution < -0.4 is 10.6 Å². The van der Waals surface area contributed by atoms with Crippen molar-refractivity contribution in [2.75, 3.05) is 11.4 Å². The monoisotopic (exact) mass is 315 g/mol. The number of carbonyl (C=O) groups excluding carboxylic acids is 1. The number of aryl methyl sites for hydroxylation is 1. The van der Waals surface area contributed by atoms with Crippen LogP contribution in [-0.4, -0.2) is 23.0 Å². The summed E-state index contributed by atoms with van der Waals surface area (Å²) in [5, 5.41) is 0. The predicted octanol–water partition coefficient (Wildman–Crippen LogP) is 3.35. The van der Waals surface area contributed by atoms with Gasteiger partial charge in [0.05, 0.1) is 16.1 Å². The van der Waals surface area contributed by atoms with Crippen LogP contribution >= 0.6 is 11.3 Å². The van der Waals surface area contributed by atoms with Crippen molar-refractivity contribution in [1.82, 2.24) is 4.98 Å². The molecule has 0 radical (unpaired) electrons. The molecule has 4 nitrogen and oxygen atoms in total. The molecule has 1 aromatic heterocycles. The minimum absolute atomic E-state index is 0.219. The molecule has 1 aliphatic rings. The van der Waals surface area contributed by atoms with E-state index in [1.54, 1.807) is 11.3 Å². The number of amides is 1. The molecule has 2 aromatic rings. The van der Waals surface area contributed by atoms with E-state index in [1.165, 1.54) is 0 Å². The number of para-hydroxylation sites is 1. The number of hydrogen-bond acceptors (Lipinski definition) is 4. The lowest BCUT2D eigenvalue weighted by molar-refractivity contribution is -0.123. The molecule has 1 aliphatic heterocycles. The van der Waals surface area contributed by atoms with Crippen molar-refractivity contribution in [1.29, 1.82) is 0 Å². The van der Waals surface area contributed by atoms with Crippen molar-refractivity contribution in [3.63, 3.8) is 0 Å². The number of nitrogens with zero attached hydrogens (tertiary/aromatic N) is 2. The first-order valence-corrected chi connectivity index (χ1v) is 8.55. The van der Waals surface area contributed by atoms with E-state index in [1.807, 2.05) is 31.5 Å². The average molecular weight is 315 g/mol. The summed E-state index contributed by atoms with van der Waals surface area (Å²) in [5.74, 6) is -0.219. The van der Waals surface area contributed by atoms with E-state index in [-0.39, 0.29) is 5.91 Å². The highest BCUT2D eigenvalue weighted by Gasteiger charge is 2.45. The number of nitrogens with two attached hydrogens (primary N) is 1. The molecule has 116 valence electrons. The first kappa shape index (κ1) is 15.0. The van der Waals surface area contributed by atoms with Gasteiger partial charge in [0.1, 0.15) is 5.54 Å². The molecule has 1 aromatic carbocycles. The summed E-state index contributed by atoms with van der Waals surface area (Å²) in [6, 6.07) is 8.25. The Balaban J connectivity index is 2.13. The van der Waals surface area contributed by atoms with Crippen LogP contribution in [-0.2, 0) is 4.79 Å². The van der Waals surface area contributed by atoms with Crippen LogP contribution in [0.3, 0.4) is 0 Å². The SMILES string of the molecule is CCC1(C(N)=O)CCCN1c1ccccc1-c1scnc1C. The summed E-state index contributed by atoms with van der Waals surface area (Å²) < 4.78 is 0. The number of aromatic nitrogens is 1. The Kier molecular flexibility index (Phi) is 3.91. The van der Waals surface area contributed by atoms with E-state index in [0.29, 0.717) is 0 Å². The number of benzene rings is 1. The van der Waals surface area contributed by atoms with Gasteiger partial charge in [-0.2, -0.15) is 0 Å². The zero-order valence-corrected chi connectivity index (χ0v) is 13.8. The van der Waals surface area contributed by atoms with E-state index >= 15 is 0 Å². The lowest BCUT2D eigenvalue weighted by atomic mass is 9.91. The molecular formula is C17H21N3OS. The molecular weight excluding hydrogens is 294 g/mol. The van der Waals surface area contributed by atoms with Crippen LogP contribution in [0.5, 0.6) is 0 Å². The lowest BCUT2D eigenvalue weighted by Crippen LogP contribution is -2.53. The summed E-state index contributed by atoms with van der Waals surface area (Å²) in [4.78, 5) is 19.9. The Bertz CT molecular complexity index is 697. The molecule has 5 heteroatoms. The van der Waals surface area contributed by atoms with Gasteiger partial charge in [-0.3, -0.25) is 4.79 Å². The van der Waals surface area contributed by atoms with Crippen molar-refractivity contribution in [3.05, 3.63) is 35.5 Å². The Morgan fingerprint density at radius 3 is 2.86 bits per heavy atom. The Morgan fingerprint density at radius 2 is 2.23 bits per heavy atom. The molecule has 0 bridgehead atoms. The highest BCUT2D eigenvalue weighted by atomic mass is 32.1. The maximum atomic E-state index is 12.2. The third kappa shape index (κ3) is 2.20. The molecule has 1 saturated heterocycles. The van der Waals surface area contributed by atoms with Crippen LogP contribution in [0.4, 0.5) is 5.69 Å². The van der Waals surface area contributed by atoms with Crippen molar-refractivity contribution < 1.29 is 4.79 Å². The minimum atomic E-state index is -0.561. The molecule has 0 saturated carbocycles. The molecule has 1 fully saturated rings. The first-order chi connectivity index (χ1) is 10.6. The normalized spacial score (nSPS) is 21.3. The first-order valence-electron chi connectivity index (χ1n) is 7.67. The van der Waals surface area contributed by atoms with Crippen molar-refractivity contribution in [2.45, 2.75) is 38.6 Å². The average Bonchev–Trinajstić information content (AvgIpc) is 3.13. The molecule has 0 aliphatic carbocycles. The summed E-state index contributed by atoms with van der Waals surface area (Å²) >= 11 is 1.64. The van der Waals surface area contributed by atoms with Crippen molar-refractivity contribution >= 4 is 22.9 Å². The smallest absolute Gasteiger partial charge is 0.243 e. The summed E-state index contributed by atoms with van der Waals surface area (Å²) in [5.41, 5.74) is 10.3. The van der Waals surface area contributed by atoms with Gasteiger partial charge in [-0.05, 0) is 32.3 Å². The maximum Gasteiger partial charge on any atom is 0.243 e. The standard InChI is InChI=1S/C17H21N3OS/c1-3-17(16(18)21)9-6-10-20(17)14-8-5-4-7-13(14)15-12(2)19-11-22-15/h4-5,7-8,11H,3,6,9-10H2,1-2H3,(H2,18,21). The predicted molar refractivity (Wildman–Crippen MR) is 91.1 cm³/mol. The highest BCUT2D eigenvalue weighted by Crippen LogP contribution is 2.42. The number of primary amides is 1. The number of anilines is 1. The van der Waals surface area contributed by atoms with E-state index < -0.39 is 5.54 Å². The fraction of sp³-hybridized carbons (Fsp3) is 0.412. The maximum absolute atomic E-state index is 12.2. The zero-order valence-electron chi connectivity index (χ0n) is 13.0. The summed E-state index contributed by atoms with van der Waals surface area (Å²) in [6.45, 7) is 4.93. The zero-order chi connectivity index (χ0) is 15.7. The van der Waals surface area contributed by atoms with Crippen LogP contribution in [0, 0.1) is 6.92 Å². The van der Waals surface area contributed by atoms with Crippen LogP contribution in [0.2, 0.25) is 0 Å². The van der Waals surface area contributed by atoms with Gasteiger partial charge in [0.2, 0.25) is 5.91 Å². The van der Waals surface area contributed by atoms with Gasteiger partial charge in [0.25, 0.3) is 0 Å². The van der Waals surface area contributed by atoms with Crippen LogP contribution in [0.25, 0.3) is 10.4 Å². The third-order valence-electron chi connectivity index (χ3n) is 4.72. The topological polar surface area (TPSA) is 59.2 Å². The second-order valence-corrected chi connectivity index (χ2v) is 6.64. The molecule has 3 rings (SSSR count). The van der Waals surface area contributed by atoms with E-state index in [0.717, 1.165) is 47.6 Å². The van der Waals surface area contributed by atoms with E-state index in [9.17, 15) is 4.79 Å². The van der Waals surface area contributed by atoms with Crippen LogP contribution in [0.1, 0.15) is 31.9 Å². The molecule has 1 unspecified atom stereocenters. The largest absolute Gasteiger partial charge is 0.368 e. The highest BCUT2D eigenvalue weighted by molar-refractivity contribution is 7.13. The summed E-state index contributed by atoms with van der Waals surface area (Å²) in [6.07, 6.45) is 2.56. The van der Waals surface area contributed by atoms with Gasteiger partial charge in [0.15, 0.2) is 0 Å². The van der Waals surface area contributed by atoms with Crippen LogP contribution in [0.15, 0.2) is 29.8 Å². The summed E-state index contributed by atoms with van der Waals surface area (Å²) in [7, 11) is 0. The van der Waals surface area contributed by atoms with Crippen molar-refractivity contribution in [3.8, 4) is 10.4 Å². The Labute approximate surface area is 135 Å². The number of rotatable bonds is 4. The molecule has 1 amide bonds. The molecule has 2 heterocycles. The number of thiazole rings is 1. The fourth-order valence-corrected chi connectivity index (χ4v) is 4.33. The second kappa shape index (κ2) is 5.72. The fourth-order valence-electron chi connectivity index (χ4n) is 3.49. The second-order valence-electron chi connectivity index (χ2n) is 5.79. The van der Waals surface area contributed by atoms with Gasteiger partial charge in [-0.1, -0.05) is 25.1 Å². The van der Waals surface area contributed by atoms with Gasteiger partial charge in [-0.15, -0.1) is 11.3 Å². The Morgan fingerprint density at radius 1 is 1.45 bits per heavy atom. The van der Waals surface area contributed by atoms with E-state index in [2.05, 4.69) is 22.0 Å². The third-order valence-corrected chi connectivity index (χ3v) is 5.68. The minimum Gasteiger partial charge on any atom is -0.368 e. The van der Waals surface area contributed by atoms with Gasteiger partial charge in [-0.25, -0.2) is 4.98 Å². The van der Waals surface area contributed by atoms with Gasteiger partial charge < -0.3 is 10.6 Å². The quantitative estimate of drug-likeness (QED) is 0.941. The lowest BCUT2D eigenvalue weighted by Gasteiger charge is -2.37. The van der Waals surface area contributed by atoms with Crippen molar-refractivity contribution in [2.24, 2.45) is 5.73 Å². The van der Waals surface area contributed by atoms with Gasteiger partial charge in [0, 0.05) is 17.8 Å². The molecule has 2 N–H and O–H groups in total. The molecule has 0 spiro atoms. The number of carbonyl (C=O) groups is 1. The Hall–Kier alpha value is -1.88.